The maximum atomic E-state index is 11.6. The van der Waals surface area contributed by atoms with Crippen molar-refractivity contribution in [1.29, 1.82) is 5.26 Å². The summed E-state index contributed by atoms with van der Waals surface area (Å²) in [5.74, 6) is 0. The second kappa shape index (κ2) is 6.59. The van der Waals surface area contributed by atoms with Crippen molar-refractivity contribution >= 4 is 32.5 Å². The van der Waals surface area contributed by atoms with Crippen LogP contribution in [0.1, 0.15) is 35.6 Å². The van der Waals surface area contributed by atoms with Gasteiger partial charge in [0.25, 0.3) is 0 Å². The van der Waals surface area contributed by atoms with E-state index in [0.717, 1.165) is 33.2 Å². The Morgan fingerprint density at radius 2 is 1.93 bits per heavy atom. The third-order valence-electron chi connectivity index (χ3n) is 5.57. The number of aromatic nitrogens is 2. The lowest BCUT2D eigenvalue weighted by Crippen LogP contribution is -2.40. The summed E-state index contributed by atoms with van der Waals surface area (Å²) in [6, 6.07) is 6.10. The third kappa shape index (κ3) is 2.98. The topological polar surface area (TPSA) is 102 Å². The number of pyridine rings is 1. The maximum Gasteiger partial charge on any atom is 0.212 e. The number of hydrogen-bond acceptors (Lipinski definition) is 4. The Balaban J connectivity index is 1.91. The predicted molar refractivity (Wildman–Crippen MR) is 110 cm³/mol. The van der Waals surface area contributed by atoms with Gasteiger partial charge in [0.05, 0.1) is 21.9 Å². The normalized spacial score (nSPS) is 19.4. The molecule has 144 valence electrons. The minimum atomic E-state index is -3.52. The number of benzene rings is 1. The van der Waals surface area contributed by atoms with Crippen molar-refractivity contribution in [2.24, 2.45) is 5.14 Å². The molecular formula is C20H19ClN4O2S. The van der Waals surface area contributed by atoms with Crippen molar-refractivity contribution in [2.75, 3.05) is 0 Å². The van der Waals surface area contributed by atoms with E-state index in [1.54, 1.807) is 12.4 Å². The Kier molecular flexibility index (Phi) is 4.46. The highest BCUT2D eigenvalue weighted by Gasteiger charge is 2.38. The van der Waals surface area contributed by atoms with Gasteiger partial charge in [0, 0.05) is 46.7 Å². The molecule has 0 amide bonds. The van der Waals surface area contributed by atoms with Crippen LogP contribution in [0, 0.1) is 25.2 Å². The Hall–Kier alpha value is -2.40. The minimum absolute atomic E-state index is 0.0310. The SMILES string of the molecule is Cc1cc2c(cc1C#N)c(-c1cncc(C)c1Cl)cn2C1CC(S(N)(=O)=O)C1. The van der Waals surface area contributed by atoms with Gasteiger partial charge in [-0.3, -0.25) is 4.98 Å². The standard InChI is InChI=1S/C20H19ClN4O2S/c1-11-3-19-16(4-13(11)7-22)18(17-9-24-8-12(2)20(17)21)10-25(19)14-5-15(6-14)28(23,26)27/h3-4,8-10,14-15H,5-6H2,1-2H3,(H2,23,26,27). The van der Waals surface area contributed by atoms with E-state index in [1.807, 2.05) is 32.2 Å². The predicted octanol–water partition coefficient (Wildman–Crippen LogP) is 3.84. The Bertz CT molecular complexity index is 1250. The monoisotopic (exact) mass is 414 g/mol. The first kappa shape index (κ1) is 18.9. The molecule has 8 heteroatoms. The molecule has 0 unspecified atom stereocenters. The second-order valence-electron chi connectivity index (χ2n) is 7.40. The molecule has 1 fully saturated rings. The van der Waals surface area contributed by atoms with Crippen molar-refractivity contribution < 1.29 is 8.42 Å². The second-order valence-corrected chi connectivity index (χ2v) is 9.62. The lowest BCUT2D eigenvalue weighted by molar-refractivity contribution is 0.321. The fourth-order valence-corrected chi connectivity index (χ4v) is 4.99. The summed E-state index contributed by atoms with van der Waals surface area (Å²) in [5.41, 5.74) is 4.95. The van der Waals surface area contributed by atoms with E-state index in [0.29, 0.717) is 23.4 Å². The molecule has 0 bridgehead atoms. The van der Waals surface area contributed by atoms with Crippen molar-refractivity contribution in [1.82, 2.24) is 9.55 Å². The summed E-state index contributed by atoms with van der Waals surface area (Å²) in [4.78, 5) is 4.27. The first-order valence-electron chi connectivity index (χ1n) is 8.88. The van der Waals surface area contributed by atoms with Gasteiger partial charge < -0.3 is 4.57 Å². The summed E-state index contributed by atoms with van der Waals surface area (Å²) in [6.07, 6.45) is 6.35. The van der Waals surface area contributed by atoms with Gasteiger partial charge in [-0.2, -0.15) is 5.26 Å². The lowest BCUT2D eigenvalue weighted by Gasteiger charge is -2.35. The molecule has 0 radical (unpaired) electrons. The average molecular weight is 415 g/mol. The number of hydrogen-bond donors (Lipinski definition) is 1. The van der Waals surface area contributed by atoms with E-state index < -0.39 is 15.3 Å². The number of rotatable bonds is 3. The minimum Gasteiger partial charge on any atom is -0.344 e. The number of fused-ring (bicyclic) bond motifs is 1. The molecule has 1 saturated carbocycles. The van der Waals surface area contributed by atoms with Crippen LogP contribution in [0.3, 0.4) is 0 Å². The highest BCUT2D eigenvalue weighted by Crippen LogP contribution is 2.43. The van der Waals surface area contributed by atoms with Crippen molar-refractivity contribution in [2.45, 2.75) is 38.0 Å². The number of halogens is 1. The van der Waals surface area contributed by atoms with E-state index in [-0.39, 0.29) is 6.04 Å². The number of primary sulfonamides is 1. The summed E-state index contributed by atoms with van der Waals surface area (Å²) in [7, 11) is -3.52. The Morgan fingerprint density at radius 3 is 2.57 bits per heavy atom. The van der Waals surface area contributed by atoms with Crippen molar-refractivity contribution in [3.05, 3.63) is 52.4 Å². The molecule has 3 aromatic rings. The number of nitriles is 1. The Labute approximate surface area is 168 Å². The van der Waals surface area contributed by atoms with Crippen molar-refractivity contribution in [3.8, 4) is 17.2 Å². The van der Waals surface area contributed by atoms with Crippen LogP contribution in [0.25, 0.3) is 22.0 Å². The number of nitrogens with zero attached hydrogens (tertiary/aromatic N) is 3. The van der Waals surface area contributed by atoms with Crippen LogP contribution in [0.15, 0.2) is 30.7 Å². The number of nitrogens with two attached hydrogens (primary N) is 1. The average Bonchev–Trinajstić information content (AvgIpc) is 2.92. The summed E-state index contributed by atoms with van der Waals surface area (Å²) >= 11 is 6.54. The van der Waals surface area contributed by atoms with Gasteiger partial charge in [-0.1, -0.05) is 11.6 Å². The van der Waals surface area contributed by atoms with Crippen LogP contribution in [0.2, 0.25) is 5.02 Å². The third-order valence-corrected chi connectivity index (χ3v) is 7.39. The molecule has 2 N–H and O–H groups in total. The highest BCUT2D eigenvalue weighted by atomic mass is 35.5. The van der Waals surface area contributed by atoms with Crippen LogP contribution in [-0.4, -0.2) is 23.2 Å². The van der Waals surface area contributed by atoms with Gasteiger partial charge in [0.1, 0.15) is 0 Å². The van der Waals surface area contributed by atoms with Gasteiger partial charge in [-0.25, -0.2) is 13.6 Å². The largest absolute Gasteiger partial charge is 0.344 e. The molecule has 0 aliphatic heterocycles. The molecule has 0 atom stereocenters. The molecular weight excluding hydrogens is 396 g/mol. The molecule has 0 saturated heterocycles. The fourth-order valence-electron chi connectivity index (χ4n) is 3.81. The van der Waals surface area contributed by atoms with E-state index >= 15 is 0 Å². The summed E-state index contributed by atoms with van der Waals surface area (Å²) in [5, 5.41) is 15.8. The number of sulfonamides is 1. The van der Waals surface area contributed by atoms with E-state index in [1.165, 1.54) is 0 Å². The van der Waals surface area contributed by atoms with Crippen LogP contribution in [0.4, 0.5) is 0 Å². The molecule has 1 aromatic carbocycles. The van der Waals surface area contributed by atoms with E-state index in [2.05, 4.69) is 15.6 Å². The zero-order chi connectivity index (χ0) is 20.2. The number of aryl methyl sites for hydroxylation is 2. The van der Waals surface area contributed by atoms with Gasteiger partial charge >= 0.3 is 0 Å². The first-order chi connectivity index (χ1) is 13.2. The van der Waals surface area contributed by atoms with Gasteiger partial charge in [-0.15, -0.1) is 0 Å². The highest BCUT2D eigenvalue weighted by molar-refractivity contribution is 7.89. The molecule has 1 aliphatic carbocycles. The van der Waals surface area contributed by atoms with Crippen LogP contribution < -0.4 is 5.14 Å². The molecule has 2 aromatic heterocycles. The smallest absolute Gasteiger partial charge is 0.212 e. The molecule has 1 aliphatic rings. The van der Waals surface area contributed by atoms with Crippen LogP contribution in [-0.2, 0) is 10.0 Å². The zero-order valence-corrected chi connectivity index (χ0v) is 17.0. The summed E-state index contributed by atoms with van der Waals surface area (Å²) < 4.78 is 25.3. The zero-order valence-electron chi connectivity index (χ0n) is 15.5. The molecule has 6 nitrogen and oxygen atoms in total. The molecule has 28 heavy (non-hydrogen) atoms. The van der Waals surface area contributed by atoms with Crippen molar-refractivity contribution in [3.63, 3.8) is 0 Å². The maximum absolute atomic E-state index is 11.6. The van der Waals surface area contributed by atoms with Gasteiger partial charge in [-0.05, 0) is 49.9 Å². The van der Waals surface area contributed by atoms with Gasteiger partial charge in [0.15, 0.2) is 0 Å². The first-order valence-corrected chi connectivity index (χ1v) is 10.9. The van der Waals surface area contributed by atoms with E-state index in [4.69, 9.17) is 16.7 Å². The van der Waals surface area contributed by atoms with Gasteiger partial charge in [0.2, 0.25) is 10.0 Å². The Morgan fingerprint density at radius 1 is 1.21 bits per heavy atom. The quantitative estimate of drug-likeness (QED) is 0.703. The van der Waals surface area contributed by atoms with E-state index in [9.17, 15) is 13.7 Å². The lowest BCUT2D eigenvalue weighted by atomic mass is 9.92. The molecule has 2 heterocycles. The fraction of sp³-hybridized carbons (Fsp3) is 0.300. The summed E-state index contributed by atoms with van der Waals surface area (Å²) in [6.45, 7) is 3.79. The van der Waals surface area contributed by atoms with Crippen LogP contribution in [0.5, 0.6) is 0 Å². The van der Waals surface area contributed by atoms with Crippen LogP contribution >= 0.6 is 11.6 Å². The molecule has 0 spiro atoms. The molecule has 4 rings (SSSR count).